The van der Waals surface area contributed by atoms with Gasteiger partial charge in [0.05, 0.1) is 16.8 Å². The number of hydrogen-bond acceptors (Lipinski definition) is 4. The fourth-order valence-electron chi connectivity index (χ4n) is 2.23. The molecule has 1 aliphatic rings. The van der Waals surface area contributed by atoms with Gasteiger partial charge in [0.25, 0.3) is 0 Å². The van der Waals surface area contributed by atoms with Crippen LogP contribution in [0.3, 0.4) is 0 Å². The molecule has 2 aromatic rings. The van der Waals surface area contributed by atoms with Gasteiger partial charge < -0.3 is 10.1 Å². The molecule has 1 aromatic heterocycles. The SMILES string of the molecule is O=C1CCc2c(cccc2C(=O)Oc2cncc(Cl)c2)N1. The van der Waals surface area contributed by atoms with Crippen molar-refractivity contribution in [3.63, 3.8) is 0 Å². The number of anilines is 1. The standard InChI is InChI=1S/C15H11ClN2O3/c16-9-6-10(8-17-7-9)21-15(20)12-2-1-3-13-11(12)4-5-14(19)18-13/h1-3,6-8H,4-5H2,(H,18,19). The maximum atomic E-state index is 12.3. The number of esters is 1. The predicted molar refractivity (Wildman–Crippen MR) is 77.6 cm³/mol. The molecule has 1 aromatic carbocycles. The molecule has 0 atom stereocenters. The normalized spacial score (nSPS) is 13.3. The van der Waals surface area contributed by atoms with Crippen LogP contribution in [0.25, 0.3) is 0 Å². The number of halogens is 1. The minimum atomic E-state index is -0.493. The largest absolute Gasteiger partial charge is 0.421 e. The molecule has 3 rings (SSSR count). The van der Waals surface area contributed by atoms with Gasteiger partial charge in [-0.25, -0.2) is 4.79 Å². The van der Waals surface area contributed by atoms with Gasteiger partial charge in [0, 0.05) is 24.4 Å². The van der Waals surface area contributed by atoms with Gasteiger partial charge in [0.15, 0.2) is 5.75 Å². The van der Waals surface area contributed by atoms with Crippen molar-refractivity contribution < 1.29 is 14.3 Å². The van der Waals surface area contributed by atoms with Gasteiger partial charge in [0.2, 0.25) is 5.91 Å². The molecule has 0 radical (unpaired) electrons. The smallest absolute Gasteiger partial charge is 0.343 e. The predicted octanol–water partition coefficient (Wildman–Crippen LogP) is 2.84. The minimum Gasteiger partial charge on any atom is -0.421 e. The van der Waals surface area contributed by atoms with E-state index < -0.39 is 5.97 Å². The lowest BCUT2D eigenvalue weighted by Gasteiger charge is -2.19. The Hall–Kier alpha value is -2.40. The van der Waals surface area contributed by atoms with Gasteiger partial charge in [-0.1, -0.05) is 17.7 Å². The van der Waals surface area contributed by atoms with Gasteiger partial charge in [0.1, 0.15) is 0 Å². The lowest BCUT2D eigenvalue weighted by atomic mass is 9.97. The monoisotopic (exact) mass is 302 g/mol. The number of nitrogens with one attached hydrogen (secondary N) is 1. The highest BCUT2D eigenvalue weighted by atomic mass is 35.5. The highest BCUT2D eigenvalue weighted by molar-refractivity contribution is 6.30. The third kappa shape index (κ3) is 2.87. The van der Waals surface area contributed by atoms with Crippen LogP contribution >= 0.6 is 11.6 Å². The molecule has 1 amide bonds. The first kappa shape index (κ1) is 13.6. The molecule has 0 saturated heterocycles. The van der Waals surface area contributed by atoms with E-state index in [-0.39, 0.29) is 11.7 Å². The van der Waals surface area contributed by atoms with Gasteiger partial charge in [-0.15, -0.1) is 0 Å². The first-order valence-corrected chi connectivity index (χ1v) is 6.76. The number of ether oxygens (including phenoxy) is 1. The summed E-state index contributed by atoms with van der Waals surface area (Å²) in [7, 11) is 0. The van der Waals surface area contributed by atoms with Gasteiger partial charge in [-0.2, -0.15) is 0 Å². The first-order valence-electron chi connectivity index (χ1n) is 6.38. The van der Waals surface area contributed by atoms with Crippen molar-refractivity contribution in [3.05, 3.63) is 52.8 Å². The summed E-state index contributed by atoms with van der Waals surface area (Å²) < 4.78 is 5.28. The van der Waals surface area contributed by atoms with E-state index in [0.29, 0.717) is 29.1 Å². The second-order valence-corrected chi connectivity index (χ2v) is 5.04. The summed E-state index contributed by atoms with van der Waals surface area (Å²) >= 11 is 5.80. The summed E-state index contributed by atoms with van der Waals surface area (Å²) in [6.45, 7) is 0. The number of aromatic nitrogens is 1. The van der Waals surface area contributed by atoms with Crippen molar-refractivity contribution in [1.29, 1.82) is 0 Å². The third-order valence-electron chi connectivity index (χ3n) is 3.16. The molecule has 0 aliphatic carbocycles. The van der Waals surface area contributed by atoms with Crippen LogP contribution in [0.2, 0.25) is 5.02 Å². The zero-order valence-corrected chi connectivity index (χ0v) is 11.7. The molecule has 0 bridgehead atoms. The van der Waals surface area contributed by atoms with Crippen molar-refractivity contribution >= 4 is 29.2 Å². The molecule has 21 heavy (non-hydrogen) atoms. The summed E-state index contributed by atoms with van der Waals surface area (Å²) in [4.78, 5) is 27.5. The summed E-state index contributed by atoms with van der Waals surface area (Å²) in [5, 5.41) is 3.14. The van der Waals surface area contributed by atoms with Crippen molar-refractivity contribution in [2.24, 2.45) is 0 Å². The lowest BCUT2D eigenvalue weighted by Crippen LogP contribution is -2.22. The topological polar surface area (TPSA) is 68.3 Å². The first-order chi connectivity index (χ1) is 10.1. The van der Waals surface area contributed by atoms with E-state index in [1.165, 1.54) is 18.5 Å². The lowest BCUT2D eigenvalue weighted by molar-refractivity contribution is -0.116. The molecule has 2 heterocycles. The minimum absolute atomic E-state index is 0.0490. The van der Waals surface area contributed by atoms with Crippen LogP contribution in [0, 0.1) is 0 Å². The maximum Gasteiger partial charge on any atom is 0.343 e. The van der Waals surface area contributed by atoms with Crippen LogP contribution in [-0.2, 0) is 11.2 Å². The Morgan fingerprint density at radius 3 is 2.95 bits per heavy atom. The van der Waals surface area contributed by atoms with E-state index >= 15 is 0 Å². The number of nitrogens with zero attached hydrogens (tertiary/aromatic N) is 1. The average molecular weight is 303 g/mol. The van der Waals surface area contributed by atoms with Crippen molar-refractivity contribution in [3.8, 4) is 5.75 Å². The molecule has 1 aliphatic heterocycles. The number of fused-ring (bicyclic) bond motifs is 1. The number of pyridine rings is 1. The van der Waals surface area contributed by atoms with E-state index in [2.05, 4.69) is 10.3 Å². The number of rotatable bonds is 2. The van der Waals surface area contributed by atoms with Gasteiger partial charge in [-0.05, 0) is 24.1 Å². The molecular formula is C15H11ClN2O3. The van der Waals surface area contributed by atoms with Crippen LogP contribution in [0.5, 0.6) is 5.75 Å². The second-order valence-electron chi connectivity index (χ2n) is 4.61. The van der Waals surface area contributed by atoms with Gasteiger partial charge in [-0.3, -0.25) is 9.78 Å². The number of carbonyl (C=O) groups excluding carboxylic acids is 2. The van der Waals surface area contributed by atoms with Crippen molar-refractivity contribution in [1.82, 2.24) is 4.98 Å². The zero-order valence-electron chi connectivity index (χ0n) is 10.9. The summed E-state index contributed by atoms with van der Waals surface area (Å²) in [6.07, 6.45) is 3.75. The molecule has 0 fully saturated rings. The zero-order chi connectivity index (χ0) is 14.8. The number of carbonyl (C=O) groups is 2. The molecule has 6 heteroatoms. The Labute approximate surface area is 125 Å². The van der Waals surface area contributed by atoms with Crippen molar-refractivity contribution in [2.45, 2.75) is 12.8 Å². The highest BCUT2D eigenvalue weighted by Gasteiger charge is 2.22. The number of hydrogen-bond donors (Lipinski definition) is 1. The Balaban J connectivity index is 1.89. The van der Waals surface area contributed by atoms with E-state index in [4.69, 9.17) is 16.3 Å². The average Bonchev–Trinajstić information content (AvgIpc) is 2.46. The van der Waals surface area contributed by atoms with E-state index in [1.54, 1.807) is 18.2 Å². The molecule has 0 unspecified atom stereocenters. The molecule has 5 nitrogen and oxygen atoms in total. The highest BCUT2D eigenvalue weighted by Crippen LogP contribution is 2.27. The quantitative estimate of drug-likeness (QED) is 0.866. The fraction of sp³-hybridized carbons (Fsp3) is 0.133. The van der Waals surface area contributed by atoms with Crippen LogP contribution < -0.4 is 10.1 Å². The van der Waals surface area contributed by atoms with Crippen molar-refractivity contribution in [2.75, 3.05) is 5.32 Å². The molecule has 0 spiro atoms. The summed E-state index contributed by atoms with van der Waals surface area (Å²) in [5.41, 5.74) is 1.88. The Bertz CT molecular complexity index is 731. The molecule has 0 saturated carbocycles. The second kappa shape index (κ2) is 5.54. The Morgan fingerprint density at radius 1 is 1.29 bits per heavy atom. The summed E-state index contributed by atoms with van der Waals surface area (Å²) in [6, 6.07) is 6.67. The van der Waals surface area contributed by atoms with Gasteiger partial charge >= 0.3 is 5.97 Å². The summed E-state index contributed by atoms with van der Waals surface area (Å²) in [5.74, 6) is -0.260. The Kier molecular flexibility index (Phi) is 3.58. The molecule has 1 N–H and O–H groups in total. The molecular weight excluding hydrogens is 292 g/mol. The fourth-order valence-corrected chi connectivity index (χ4v) is 2.39. The van der Waals surface area contributed by atoms with Crippen LogP contribution in [0.1, 0.15) is 22.3 Å². The maximum absolute atomic E-state index is 12.3. The van der Waals surface area contributed by atoms with E-state index in [9.17, 15) is 9.59 Å². The number of benzene rings is 1. The third-order valence-corrected chi connectivity index (χ3v) is 3.37. The van der Waals surface area contributed by atoms with E-state index in [1.807, 2.05) is 0 Å². The Morgan fingerprint density at radius 2 is 2.14 bits per heavy atom. The molecule has 106 valence electrons. The van der Waals surface area contributed by atoms with Crippen LogP contribution in [0.4, 0.5) is 5.69 Å². The van der Waals surface area contributed by atoms with E-state index in [0.717, 1.165) is 5.56 Å². The van der Waals surface area contributed by atoms with Crippen LogP contribution in [0.15, 0.2) is 36.7 Å². The number of amides is 1. The van der Waals surface area contributed by atoms with Crippen LogP contribution in [-0.4, -0.2) is 16.9 Å².